The van der Waals surface area contributed by atoms with Crippen LogP contribution in [0.5, 0.6) is 0 Å². The Hall–Kier alpha value is -4.29. The summed E-state index contributed by atoms with van der Waals surface area (Å²) >= 11 is 3.66. The van der Waals surface area contributed by atoms with E-state index in [0.717, 1.165) is 16.4 Å². The van der Waals surface area contributed by atoms with E-state index in [1.54, 1.807) is 17.6 Å². The Morgan fingerprint density at radius 1 is 1.40 bits per heavy atom. The Morgan fingerprint density at radius 2 is 2.20 bits per heavy atom. The maximum Gasteiger partial charge on any atom is 0.352 e. The van der Waals surface area contributed by atoms with E-state index in [-0.39, 0.29) is 41.3 Å². The summed E-state index contributed by atoms with van der Waals surface area (Å²) in [5, 5.41) is 17.8. The van der Waals surface area contributed by atoms with Crippen LogP contribution in [0.15, 0.2) is 40.3 Å². The van der Waals surface area contributed by atoms with Gasteiger partial charge in [-0.25, -0.2) is 9.36 Å². The molecular weight excluding hydrogens is 583 g/mol. The average Bonchev–Trinajstić information content (AvgIpc) is 3.62. The van der Waals surface area contributed by atoms with Gasteiger partial charge in [-0.3, -0.25) is 19.3 Å². The molecule has 6 N–H and O–H groups in total. The van der Waals surface area contributed by atoms with Crippen molar-refractivity contribution in [2.24, 2.45) is 10.9 Å². The summed E-state index contributed by atoms with van der Waals surface area (Å²) in [7, 11) is 0. The van der Waals surface area contributed by atoms with Crippen LogP contribution < -0.4 is 21.4 Å². The molecule has 0 unspecified atom stereocenters. The van der Waals surface area contributed by atoms with Gasteiger partial charge in [0.15, 0.2) is 5.13 Å². The van der Waals surface area contributed by atoms with E-state index in [1.165, 1.54) is 34.1 Å². The van der Waals surface area contributed by atoms with Gasteiger partial charge in [0.05, 0.1) is 0 Å². The summed E-state index contributed by atoms with van der Waals surface area (Å²) < 4.78 is 7.62. The third-order valence-electron chi connectivity index (χ3n) is 5.89. The fourth-order valence-electron chi connectivity index (χ4n) is 4.23. The number of imidazole rings is 1. The third kappa shape index (κ3) is 5.03. The van der Waals surface area contributed by atoms with E-state index < -0.39 is 35.1 Å². The number of nitrogen functional groups attached to an aromatic ring is 1. The highest BCUT2D eigenvalue weighted by atomic mass is 32.2. The average molecular weight is 605 g/mol. The van der Waals surface area contributed by atoms with Crippen LogP contribution in [0.1, 0.15) is 18.6 Å². The molecular formula is C22H22N9O6S3+. The van der Waals surface area contributed by atoms with Gasteiger partial charge < -0.3 is 26.7 Å². The first-order valence-electron chi connectivity index (χ1n) is 11.7. The summed E-state index contributed by atoms with van der Waals surface area (Å²) in [6.07, 6.45) is 6.42. The lowest BCUT2D eigenvalue weighted by Gasteiger charge is -2.49. The SMILES string of the molecule is CCO/N=C(\C(=O)N[C@@H]1C(=O)N2C(C(=O)O)=C(C[n+]3cc4sccn4c3C=CC(N)=O)CS[C@H]12)c1nsc(N)n1. The molecule has 40 heavy (non-hydrogen) atoms. The third-order valence-corrected chi connectivity index (χ3v) is 8.57. The van der Waals surface area contributed by atoms with Gasteiger partial charge in [-0.1, -0.05) is 16.5 Å². The molecule has 2 aliphatic heterocycles. The van der Waals surface area contributed by atoms with E-state index in [2.05, 4.69) is 19.8 Å². The highest BCUT2D eigenvalue weighted by Crippen LogP contribution is 2.40. The van der Waals surface area contributed by atoms with Crippen LogP contribution in [-0.4, -0.2) is 76.9 Å². The van der Waals surface area contributed by atoms with Crippen LogP contribution in [0.25, 0.3) is 10.9 Å². The zero-order valence-electron chi connectivity index (χ0n) is 20.7. The minimum absolute atomic E-state index is 0.0486. The molecule has 3 amide bonds. The topological polar surface area (TPSA) is 211 Å². The number of nitrogens with one attached hydrogen (secondary N) is 1. The molecule has 0 radical (unpaired) electrons. The maximum absolute atomic E-state index is 13.2. The molecule has 0 aromatic carbocycles. The van der Waals surface area contributed by atoms with Gasteiger partial charge in [-0.2, -0.15) is 13.8 Å². The second-order valence-electron chi connectivity index (χ2n) is 8.39. The summed E-state index contributed by atoms with van der Waals surface area (Å²) in [5.41, 5.74) is 11.0. The van der Waals surface area contributed by atoms with Crippen molar-refractivity contribution in [2.45, 2.75) is 24.9 Å². The number of carbonyl (C=O) groups excluding carboxylic acids is 3. The zero-order valence-corrected chi connectivity index (χ0v) is 23.2. The largest absolute Gasteiger partial charge is 0.477 e. The first-order valence-corrected chi connectivity index (χ1v) is 14.4. The summed E-state index contributed by atoms with van der Waals surface area (Å²) in [6.45, 7) is 2.01. The molecule has 5 heterocycles. The number of rotatable bonds is 10. The molecule has 1 fully saturated rings. The van der Waals surface area contributed by atoms with E-state index in [4.69, 9.17) is 16.3 Å². The number of primary amides is 1. The van der Waals surface area contributed by atoms with Crippen molar-refractivity contribution in [1.82, 2.24) is 24.0 Å². The number of anilines is 1. The molecule has 1 saturated heterocycles. The number of carbonyl (C=O) groups is 4. The lowest BCUT2D eigenvalue weighted by atomic mass is 10.0. The number of fused-ring (bicyclic) bond motifs is 2. The fourth-order valence-corrected chi connectivity index (χ4v) is 6.78. The highest BCUT2D eigenvalue weighted by molar-refractivity contribution is 8.00. The van der Waals surface area contributed by atoms with Gasteiger partial charge >= 0.3 is 5.97 Å². The zero-order chi connectivity index (χ0) is 28.6. The van der Waals surface area contributed by atoms with Gasteiger partial charge in [0.1, 0.15) is 42.7 Å². The van der Waals surface area contributed by atoms with Gasteiger partial charge in [-0.15, -0.1) is 11.8 Å². The normalized spacial score (nSPS) is 19.2. The van der Waals surface area contributed by atoms with Crippen LogP contribution in [-0.2, 0) is 30.6 Å². The Balaban J connectivity index is 1.39. The molecule has 3 aromatic rings. The molecule has 2 atom stereocenters. The maximum atomic E-state index is 13.2. The van der Waals surface area contributed by atoms with Gasteiger partial charge in [-0.05, 0) is 6.92 Å². The number of hydrogen-bond donors (Lipinski definition) is 4. The lowest BCUT2D eigenvalue weighted by Crippen LogP contribution is -2.71. The first-order chi connectivity index (χ1) is 19.2. The molecule has 15 nitrogen and oxygen atoms in total. The van der Waals surface area contributed by atoms with Crippen LogP contribution in [0.2, 0.25) is 0 Å². The molecule has 2 aliphatic rings. The molecule has 0 spiro atoms. The summed E-state index contributed by atoms with van der Waals surface area (Å²) in [4.78, 5) is 60.9. The summed E-state index contributed by atoms with van der Waals surface area (Å²) in [6, 6.07) is -1.00. The molecule has 0 bridgehead atoms. The number of thioether (sulfide) groups is 1. The highest BCUT2D eigenvalue weighted by Gasteiger charge is 2.54. The van der Waals surface area contributed by atoms with Crippen molar-refractivity contribution in [2.75, 3.05) is 18.1 Å². The number of nitrogens with two attached hydrogens (primary N) is 2. The molecule has 18 heteroatoms. The van der Waals surface area contributed by atoms with Crippen molar-refractivity contribution in [3.63, 3.8) is 0 Å². The smallest absolute Gasteiger partial charge is 0.352 e. The number of aromatic nitrogens is 4. The second-order valence-corrected chi connectivity index (χ2v) is 11.2. The number of hydrogen-bond acceptors (Lipinski definition) is 12. The second kappa shape index (κ2) is 11.1. The Kier molecular flexibility index (Phi) is 7.55. The van der Waals surface area contributed by atoms with E-state index in [9.17, 15) is 24.3 Å². The van der Waals surface area contributed by atoms with Crippen molar-refractivity contribution in [3.05, 3.63) is 46.8 Å². The number of carboxylic acids is 1. The van der Waals surface area contributed by atoms with Gasteiger partial charge in [0, 0.05) is 40.4 Å². The van der Waals surface area contributed by atoms with E-state index in [0.29, 0.717) is 11.4 Å². The quantitative estimate of drug-likeness (QED) is 0.0758. The van der Waals surface area contributed by atoms with Crippen molar-refractivity contribution < 1.29 is 33.7 Å². The number of carboxylic acid groups (broad SMARTS) is 1. The lowest BCUT2D eigenvalue weighted by molar-refractivity contribution is -0.689. The van der Waals surface area contributed by atoms with Crippen LogP contribution in [0.4, 0.5) is 5.13 Å². The van der Waals surface area contributed by atoms with Crippen molar-refractivity contribution in [3.8, 4) is 0 Å². The number of nitrogens with zero attached hydrogens (tertiary/aromatic N) is 6. The van der Waals surface area contributed by atoms with Crippen molar-refractivity contribution in [1.29, 1.82) is 0 Å². The predicted octanol–water partition coefficient (Wildman–Crippen LogP) is -0.600. The number of oxime groups is 1. The molecule has 0 aliphatic carbocycles. The van der Waals surface area contributed by atoms with E-state index in [1.807, 2.05) is 22.2 Å². The molecule has 0 saturated carbocycles. The predicted molar refractivity (Wildman–Crippen MR) is 146 cm³/mol. The van der Waals surface area contributed by atoms with Crippen LogP contribution in [0.3, 0.4) is 0 Å². The fraction of sp³-hybridized carbons (Fsp3) is 0.273. The monoisotopic (exact) mass is 604 g/mol. The van der Waals surface area contributed by atoms with Gasteiger partial charge in [0.25, 0.3) is 17.6 Å². The first kappa shape index (κ1) is 27.3. The minimum atomic E-state index is -1.27. The Bertz CT molecular complexity index is 1620. The van der Waals surface area contributed by atoms with Gasteiger partial charge in [0.2, 0.25) is 22.3 Å². The number of thiazole rings is 1. The summed E-state index contributed by atoms with van der Waals surface area (Å²) in [5.74, 6) is -2.40. The Labute approximate surface area is 237 Å². The van der Waals surface area contributed by atoms with Crippen LogP contribution >= 0.6 is 34.6 Å². The standard InChI is InChI=1S/C22H21N9O6S3/c1-2-37-27-14(17-26-22(24)40-28-17)18(33)25-15-19(34)31-16(21(35)36)10(9-39-20(15)31)7-29-8-13-30(5-6-38-13)12(29)4-3-11(23)32/h3-6,8,15,20H,2,7,9H2,1H3,(H5-,23,24,25,26,28,32,33,35,36)/p+1/b4-3?,27-14-/t15-,20-/m1/s1. The Morgan fingerprint density at radius 3 is 2.88 bits per heavy atom. The molecule has 208 valence electrons. The number of aliphatic carboxylic acids is 1. The number of β-lactam (4-membered cyclic amide) rings is 1. The molecule has 3 aromatic heterocycles. The van der Waals surface area contributed by atoms with Crippen molar-refractivity contribution >= 4 is 80.1 Å². The van der Waals surface area contributed by atoms with Crippen LogP contribution in [0, 0.1) is 0 Å². The van der Waals surface area contributed by atoms with E-state index >= 15 is 0 Å². The minimum Gasteiger partial charge on any atom is -0.477 e. The number of amides is 3. The molecule has 5 rings (SSSR count).